The lowest BCUT2D eigenvalue weighted by Crippen LogP contribution is -2.51. The van der Waals surface area contributed by atoms with Gasteiger partial charge in [-0.15, -0.1) is 0 Å². The minimum Gasteiger partial charge on any atom is -0.444 e. The van der Waals surface area contributed by atoms with Gasteiger partial charge in [-0.25, -0.2) is 4.79 Å². The van der Waals surface area contributed by atoms with Crippen LogP contribution in [-0.4, -0.2) is 30.4 Å². The molecule has 0 aromatic carbocycles. The first-order chi connectivity index (χ1) is 7.78. The van der Waals surface area contributed by atoms with Gasteiger partial charge >= 0.3 is 6.09 Å². The molecule has 0 aromatic heterocycles. The summed E-state index contributed by atoms with van der Waals surface area (Å²) in [5.74, 6) is 0. The molecular weight excluding hydrogens is 220 g/mol. The molecular formula is C12H18N2O3. The second-order valence-electron chi connectivity index (χ2n) is 6.07. The van der Waals surface area contributed by atoms with Crippen LogP contribution in [0.15, 0.2) is 0 Å². The van der Waals surface area contributed by atoms with Crippen LogP contribution in [-0.2, 0) is 9.47 Å². The van der Waals surface area contributed by atoms with E-state index in [-0.39, 0.29) is 11.0 Å². The third-order valence-corrected chi connectivity index (χ3v) is 3.17. The zero-order chi connectivity index (χ0) is 12.7. The van der Waals surface area contributed by atoms with Crippen molar-refractivity contribution in [1.82, 2.24) is 5.32 Å². The van der Waals surface area contributed by atoms with Gasteiger partial charge in [0.1, 0.15) is 5.60 Å². The number of nitrogens with zero attached hydrogens (tertiary/aromatic N) is 1. The summed E-state index contributed by atoms with van der Waals surface area (Å²) in [7, 11) is 0. The number of rotatable bonds is 2. The molecule has 1 amide bonds. The van der Waals surface area contributed by atoms with E-state index in [9.17, 15) is 4.79 Å². The lowest BCUT2D eigenvalue weighted by molar-refractivity contribution is -0.00950. The van der Waals surface area contributed by atoms with Gasteiger partial charge in [0.2, 0.25) is 0 Å². The SMILES string of the molecule is CC(C)(C)OC(=O)NCC12CC(C#N)(CO1)C2. The van der Waals surface area contributed by atoms with E-state index in [0.717, 1.165) is 0 Å². The molecule has 1 N–H and O–H groups in total. The molecule has 2 saturated heterocycles. The van der Waals surface area contributed by atoms with Crippen LogP contribution in [0.25, 0.3) is 0 Å². The zero-order valence-electron chi connectivity index (χ0n) is 10.5. The average molecular weight is 238 g/mol. The van der Waals surface area contributed by atoms with Gasteiger partial charge in [0.15, 0.2) is 0 Å². The Balaban J connectivity index is 1.78. The quantitative estimate of drug-likeness (QED) is 0.792. The third kappa shape index (κ3) is 2.37. The van der Waals surface area contributed by atoms with Gasteiger partial charge in [-0.2, -0.15) is 5.26 Å². The monoisotopic (exact) mass is 238 g/mol. The number of nitriles is 1. The van der Waals surface area contributed by atoms with E-state index in [1.165, 1.54) is 0 Å². The molecule has 2 bridgehead atoms. The molecule has 0 radical (unpaired) electrons. The number of hydrogen-bond acceptors (Lipinski definition) is 4. The molecule has 2 aliphatic heterocycles. The van der Waals surface area contributed by atoms with Crippen molar-refractivity contribution in [3.63, 3.8) is 0 Å². The molecule has 5 nitrogen and oxygen atoms in total. The number of nitrogens with one attached hydrogen (secondary N) is 1. The van der Waals surface area contributed by atoms with Gasteiger partial charge in [-0.05, 0) is 33.6 Å². The standard InChI is InChI=1S/C12H18N2O3/c1-10(2,3)17-9(15)14-7-12-4-11(5-12,6-13)8-16-12/h4-5,7-8H2,1-3H3,(H,14,15). The van der Waals surface area contributed by atoms with Crippen LogP contribution in [0.4, 0.5) is 4.79 Å². The summed E-state index contributed by atoms with van der Waals surface area (Å²) in [5, 5.41) is 11.7. The van der Waals surface area contributed by atoms with Crippen molar-refractivity contribution in [2.45, 2.75) is 44.8 Å². The number of hydrogen-bond donors (Lipinski definition) is 1. The Bertz CT molecular complexity index is 372. The van der Waals surface area contributed by atoms with Crippen molar-refractivity contribution in [1.29, 1.82) is 5.26 Å². The van der Waals surface area contributed by atoms with E-state index in [2.05, 4.69) is 11.4 Å². The topological polar surface area (TPSA) is 71.3 Å². The molecule has 3 fully saturated rings. The Hall–Kier alpha value is -1.28. The van der Waals surface area contributed by atoms with E-state index in [1.54, 1.807) is 0 Å². The first-order valence-electron chi connectivity index (χ1n) is 5.80. The third-order valence-electron chi connectivity index (χ3n) is 3.17. The van der Waals surface area contributed by atoms with Crippen molar-refractivity contribution >= 4 is 6.09 Å². The maximum atomic E-state index is 11.5. The zero-order valence-corrected chi connectivity index (χ0v) is 10.5. The molecule has 0 unspecified atom stereocenters. The fourth-order valence-corrected chi connectivity index (χ4v) is 2.51. The van der Waals surface area contributed by atoms with Crippen LogP contribution in [0.2, 0.25) is 0 Å². The number of carbonyl (C=O) groups is 1. The Labute approximate surface area is 101 Å². The van der Waals surface area contributed by atoms with Gasteiger partial charge in [0.25, 0.3) is 0 Å². The summed E-state index contributed by atoms with van der Waals surface area (Å²) in [5.41, 5.74) is -1.11. The summed E-state index contributed by atoms with van der Waals surface area (Å²) in [4.78, 5) is 11.5. The molecule has 1 aliphatic carbocycles. The normalized spacial score (nSPS) is 34.7. The smallest absolute Gasteiger partial charge is 0.407 e. The van der Waals surface area contributed by atoms with Crippen molar-refractivity contribution in [3.05, 3.63) is 0 Å². The van der Waals surface area contributed by atoms with Crippen LogP contribution in [0, 0.1) is 16.7 Å². The molecule has 1 saturated carbocycles. The largest absolute Gasteiger partial charge is 0.444 e. The molecule has 3 rings (SSSR count). The molecule has 3 aliphatic rings. The minimum atomic E-state index is -0.492. The predicted octanol–water partition coefficient (Wildman–Crippen LogP) is 1.58. The highest BCUT2D eigenvalue weighted by Gasteiger charge is 2.63. The maximum Gasteiger partial charge on any atom is 0.407 e. The molecule has 0 aromatic rings. The van der Waals surface area contributed by atoms with Crippen molar-refractivity contribution in [2.75, 3.05) is 13.2 Å². The number of amides is 1. The second-order valence-corrected chi connectivity index (χ2v) is 6.07. The molecule has 0 atom stereocenters. The summed E-state index contributed by atoms with van der Waals surface area (Å²) in [6.07, 6.45) is 0.996. The van der Waals surface area contributed by atoms with Crippen LogP contribution < -0.4 is 5.32 Å². The van der Waals surface area contributed by atoms with Gasteiger partial charge in [0, 0.05) is 0 Å². The molecule has 2 heterocycles. The van der Waals surface area contributed by atoms with Gasteiger partial charge in [0.05, 0.1) is 30.2 Å². The molecule has 5 heteroatoms. The minimum absolute atomic E-state index is 0.296. The number of carbonyl (C=O) groups excluding carboxylic acids is 1. The number of fused-ring (bicyclic) bond motifs is 1. The van der Waals surface area contributed by atoms with Crippen LogP contribution >= 0.6 is 0 Å². The Morgan fingerprint density at radius 2 is 2.18 bits per heavy atom. The lowest BCUT2D eigenvalue weighted by atomic mass is 9.63. The summed E-state index contributed by atoms with van der Waals surface area (Å²) in [6, 6.07) is 2.29. The van der Waals surface area contributed by atoms with E-state index in [0.29, 0.717) is 26.0 Å². The van der Waals surface area contributed by atoms with E-state index in [4.69, 9.17) is 14.7 Å². The van der Waals surface area contributed by atoms with E-state index >= 15 is 0 Å². The van der Waals surface area contributed by atoms with Crippen LogP contribution in [0.3, 0.4) is 0 Å². The Kier molecular flexibility index (Phi) is 2.58. The van der Waals surface area contributed by atoms with E-state index < -0.39 is 11.7 Å². The first kappa shape index (κ1) is 12.2. The van der Waals surface area contributed by atoms with Crippen molar-refractivity contribution in [2.24, 2.45) is 5.41 Å². The van der Waals surface area contributed by atoms with Gasteiger partial charge < -0.3 is 14.8 Å². The number of ether oxygens (including phenoxy) is 2. The fraction of sp³-hybridized carbons (Fsp3) is 0.833. The molecule has 17 heavy (non-hydrogen) atoms. The summed E-state index contributed by atoms with van der Waals surface area (Å²) in [6.45, 7) is 6.37. The molecule has 0 spiro atoms. The highest BCUT2D eigenvalue weighted by molar-refractivity contribution is 5.67. The van der Waals surface area contributed by atoms with Crippen LogP contribution in [0.1, 0.15) is 33.6 Å². The molecule has 94 valence electrons. The highest BCUT2D eigenvalue weighted by atomic mass is 16.6. The lowest BCUT2D eigenvalue weighted by Gasteiger charge is -2.40. The number of alkyl carbamates (subject to hydrolysis) is 1. The van der Waals surface area contributed by atoms with E-state index in [1.807, 2.05) is 20.8 Å². The van der Waals surface area contributed by atoms with Crippen molar-refractivity contribution < 1.29 is 14.3 Å². The average Bonchev–Trinajstić information content (AvgIpc) is 2.67. The first-order valence-corrected chi connectivity index (χ1v) is 5.80. The summed E-state index contributed by atoms with van der Waals surface area (Å²) >= 11 is 0. The summed E-state index contributed by atoms with van der Waals surface area (Å²) < 4.78 is 10.7. The Morgan fingerprint density at radius 3 is 2.65 bits per heavy atom. The predicted molar refractivity (Wildman–Crippen MR) is 60.2 cm³/mol. The maximum absolute atomic E-state index is 11.5. The fourth-order valence-electron chi connectivity index (χ4n) is 2.51. The Morgan fingerprint density at radius 1 is 1.53 bits per heavy atom. The van der Waals surface area contributed by atoms with Gasteiger partial charge in [-0.1, -0.05) is 0 Å². The van der Waals surface area contributed by atoms with Crippen LogP contribution in [0.5, 0.6) is 0 Å². The highest BCUT2D eigenvalue weighted by Crippen LogP contribution is 2.57. The van der Waals surface area contributed by atoms with Gasteiger partial charge in [-0.3, -0.25) is 0 Å². The van der Waals surface area contributed by atoms with Crippen molar-refractivity contribution in [3.8, 4) is 6.07 Å². The second kappa shape index (κ2) is 3.61.